The molecule has 2 aromatic rings. The summed E-state index contributed by atoms with van der Waals surface area (Å²) in [5.74, 6) is -0.0759. The second-order valence-electron chi connectivity index (χ2n) is 8.59. The third kappa shape index (κ3) is 5.90. The summed E-state index contributed by atoms with van der Waals surface area (Å²) in [6, 6.07) is 15.2. The molecule has 2 aliphatic heterocycles. The number of nitrogens with one attached hydrogen (secondary N) is 1. The van der Waals surface area contributed by atoms with E-state index < -0.39 is 5.91 Å². The minimum absolute atomic E-state index is 0.0465. The molecule has 9 heteroatoms. The first-order valence-corrected chi connectivity index (χ1v) is 12.8. The molecule has 2 fully saturated rings. The van der Waals surface area contributed by atoms with Crippen molar-refractivity contribution in [1.29, 1.82) is 0 Å². The van der Waals surface area contributed by atoms with Crippen molar-refractivity contribution >= 4 is 29.6 Å². The number of benzene rings is 2. The van der Waals surface area contributed by atoms with Gasteiger partial charge in [0.2, 0.25) is 0 Å². The highest BCUT2D eigenvalue weighted by Gasteiger charge is 2.26. The Labute approximate surface area is 204 Å². The van der Waals surface area contributed by atoms with Crippen LogP contribution in [0.5, 0.6) is 0 Å². The minimum Gasteiger partial charge on any atom is -0.378 e. The van der Waals surface area contributed by atoms with E-state index in [-0.39, 0.29) is 6.03 Å². The largest absolute Gasteiger partial charge is 0.378 e. The van der Waals surface area contributed by atoms with Gasteiger partial charge in [-0.15, -0.1) is 0 Å². The topological polar surface area (TPSA) is 85.3 Å². The number of carbonyl (C=O) groups is 2. The van der Waals surface area contributed by atoms with Crippen LogP contribution in [-0.4, -0.2) is 72.0 Å². The molecule has 0 spiro atoms. The molecule has 0 saturated carbocycles. The van der Waals surface area contributed by atoms with Gasteiger partial charge in [-0.05, 0) is 60.4 Å². The standard InChI is InChI=1S/C25H32N4O4S/c1-34-28-11-9-20(10-12-28)22-3-2-4-23(17-22)29(25(31)27-13-15-33-16-14-27)18-19-5-7-21(8-6-19)24(30)26-32/h2-8,17,20,32H,9-16,18H2,1H3,(H,26,30). The molecule has 8 nitrogen and oxygen atoms in total. The van der Waals surface area contributed by atoms with E-state index in [4.69, 9.17) is 9.94 Å². The predicted octanol–water partition coefficient (Wildman–Crippen LogP) is 3.72. The second kappa shape index (κ2) is 11.7. The normalized spacial score (nSPS) is 17.4. The van der Waals surface area contributed by atoms with Gasteiger partial charge in [0.1, 0.15) is 0 Å². The molecule has 3 amide bonds. The van der Waals surface area contributed by atoms with Crippen LogP contribution in [-0.2, 0) is 11.3 Å². The average Bonchev–Trinajstić information content (AvgIpc) is 2.92. The van der Waals surface area contributed by atoms with E-state index in [0.717, 1.165) is 37.2 Å². The van der Waals surface area contributed by atoms with Crippen LogP contribution in [0.25, 0.3) is 0 Å². The third-order valence-corrected chi connectivity index (χ3v) is 7.42. The summed E-state index contributed by atoms with van der Waals surface area (Å²) >= 11 is 1.80. The number of morpholine rings is 1. The summed E-state index contributed by atoms with van der Waals surface area (Å²) in [5, 5.41) is 8.86. The summed E-state index contributed by atoms with van der Waals surface area (Å²) in [7, 11) is 0. The maximum Gasteiger partial charge on any atom is 0.324 e. The Morgan fingerprint density at radius 2 is 1.79 bits per heavy atom. The van der Waals surface area contributed by atoms with Crippen molar-refractivity contribution in [2.75, 3.05) is 50.5 Å². The van der Waals surface area contributed by atoms with Gasteiger partial charge in [0.15, 0.2) is 0 Å². The van der Waals surface area contributed by atoms with Crippen molar-refractivity contribution in [3.8, 4) is 0 Å². The van der Waals surface area contributed by atoms with Crippen LogP contribution in [0, 0.1) is 0 Å². The Bertz CT molecular complexity index is 973. The SMILES string of the molecule is CSN1CCC(c2cccc(N(Cc3ccc(C(=O)NO)cc3)C(=O)N3CCOCC3)c2)CC1. The summed E-state index contributed by atoms with van der Waals surface area (Å²) in [5.41, 5.74) is 5.05. The van der Waals surface area contributed by atoms with Crippen molar-refractivity contribution in [3.63, 3.8) is 0 Å². The fourth-order valence-electron chi connectivity index (χ4n) is 4.52. The average molecular weight is 485 g/mol. The molecule has 0 unspecified atom stereocenters. The van der Waals surface area contributed by atoms with E-state index in [9.17, 15) is 9.59 Å². The van der Waals surface area contributed by atoms with Crippen LogP contribution in [0.4, 0.5) is 10.5 Å². The van der Waals surface area contributed by atoms with E-state index in [1.807, 2.05) is 34.1 Å². The fraction of sp³-hybridized carbons (Fsp3) is 0.440. The Morgan fingerprint density at radius 3 is 2.44 bits per heavy atom. The number of rotatable bonds is 6. The molecule has 0 radical (unpaired) electrons. The lowest BCUT2D eigenvalue weighted by atomic mass is 9.90. The highest BCUT2D eigenvalue weighted by molar-refractivity contribution is 7.96. The first-order chi connectivity index (χ1) is 16.6. The predicted molar refractivity (Wildman–Crippen MR) is 133 cm³/mol. The maximum atomic E-state index is 13.6. The Balaban J connectivity index is 1.58. The molecule has 34 heavy (non-hydrogen) atoms. The molecule has 0 atom stereocenters. The lowest BCUT2D eigenvalue weighted by molar-refractivity contribution is 0.0548. The van der Waals surface area contributed by atoms with Crippen molar-refractivity contribution in [2.24, 2.45) is 0 Å². The van der Waals surface area contributed by atoms with Gasteiger partial charge < -0.3 is 9.64 Å². The van der Waals surface area contributed by atoms with Gasteiger partial charge in [0.05, 0.1) is 19.8 Å². The summed E-state index contributed by atoms with van der Waals surface area (Å²) in [6.07, 6.45) is 4.34. The minimum atomic E-state index is -0.562. The van der Waals surface area contributed by atoms with Crippen molar-refractivity contribution in [2.45, 2.75) is 25.3 Å². The molecular weight excluding hydrogens is 452 g/mol. The van der Waals surface area contributed by atoms with Crippen LogP contribution < -0.4 is 10.4 Å². The number of urea groups is 1. The lowest BCUT2D eigenvalue weighted by Crippen LogP contribution is -2.48. The number of ether oxygens (including phenoxy) is 1. The van der Waals surface area contributed by atoms with Gasteiger partial charge >= 0.3 is 6.03 Å². The monoisotopic (exact) mass is 484 g/mol. The first-order valence-electron chi connectivity index (χ1n) is 11.7. The summed E-state index contributed by atoms with van der Waals surface area (Å²) in [6.45, 7) is 4.73. The highest BCUT2D eigenvalue weighted by atomic mass is 32.2. The lowest BCUT2D eigenvalue weighted by Gasteiger charge is -2.34. The summed E-state index contributed by atoms with van der Waals surface area (Å²) < 4.78 is 7.84. The molecule has 2 aliphatic rings. The Hall–Kier alpha value is -2.59. The van der Waals surface area contributed by atoms with Gasteiger partial charge in [-0.2, -0.15) is 0 Å². The number of piperidine rings is 1. The van der Waals surface area contributed by atoms with E-state index in [1.54, 1.807) is 29.6 Å². The van der Waals surface area contributed by atoms with E-state index in [1.165, 1.54) is 5.56 Å². The van der Waals surface area contributed by atoms with Gasteiger partial charge in [-0.25, -0.2) is 10.3 Å². The molecule has 2 N–H and O–H groups in total. The zero-order valence-corrected chi connectivity index (χ0v) is 20.3. The van der Waals surface area contributed by atoms with Crippen LogP contribution in [0.2, 0.25) is 0 Å². The number of amides is 3. The van der Waals surface area contributed by atoms with Crippen LogP contribution in [0.1, 0.15) is 40.2 Å². The number of nitrogens with zero attached hydrogens (tertiary/aromatic N) is 3. The molecule has 0 aliphatic carbocycles. The van der Waals surface area contributed by atoms with Crippen LogP contribution in [0.3, 0.4) is 0 Å². The number of hydrogen-bond donors (Lipinski definition) is 2. The number of carbonyl (C=O) groups excluding carboxylic acids is 2. The molecule has 2 heterocycles. The molecule has 0 aromatic heterocycles. The van der Waals surface area contributed by atoms with E-state index in [2.05, 4.69) is 22.7 Å². The van der Waals surface area contributed by atoms with Gasteiger partial charge in [-0.1, -0.05) is 36.2 Å². The van der Waals surface area contributed by atoms with Crippen LogP contribution in [0.15, 0.2) is 48.5 Å². The summed E-state index contributed by atoms with van der Waals surface area (Å²) in [4.78, 5) is 28.9. The van der Waals surface area contributed by atoms with Gasteiger partial charge in [0, 0.05) is 37.4 Å². The molecule has 2 aromatic carbocycles. The molecule has 2 saturated heterocycles. The van der Waals surface area contributed by atoms with Gasteiger partial charge in [0.25, 0.3) is 5.91 Å². The molecule has 4 rings (SSSR count). The van der Waals surface area contributed by atoms with Crippen LogP contribution >= 0.6 is 11.9 Å². The smallest absolute Gasteiger partial charge is 0.324 e. The first kappa shape index (κ1) is 24.5. The number of hydroxylamine groups is 1. The Morgan fingerprint density at radius 1 is 1.09 bits per heavy atom. The van der Waals surface area contributed by atoms with Crippen molar-refractivity contribution < 1.29 is 19.5 Å². The molecular formula is C25H32N4O4S. The third-order valence-electron chi connectivity index (χ3n) is 6.54. The van der Waals surface area contributed by atoms with Gasteiger partial charge in [-0.3, -0.25) is 19.2 Å². The van der Waals surface area contributed by atoms with E-state index in [0.29, 0.717) is 44.3 Å². The maximum absolute atomic E-state index is 13.6. The number of anilines is 1. The van der Waals surface area contributed by atoms with Crippen molar-refractivity contribution in [3.05, 3.63) is 65.2 Å². The molecule has 0 bridgehead atoms. The second-order valence-corrected chi connectivity index (χ2v) is 9.47. The fourth-order valence-corrected chi connectivity index (χ4v) is 5.10. The zero-order chi connectivity index (χ0) is 23.9. The Kier molecular flexibility index (Phi) is 8.44. The van der Waals surface area contributed by atoms with E-state index >= 15 is 0 Å². The molecule has 182 valence electrons. The van der Waals surface area contributed by atoms with Crippen molar-refractivity contribution in [1.82, 2.24) is 14.7 Å². The number of hydrogen-bond acceptors (Lipinski definition) is 6. The zero-order valence-electron chi connectivity index (χ0n) is 19.5. The quantitative estimate of drug-likeness (QED) is 0.369. The highest BCUT2D eigenvalue weighted by Crippen LogP contribution is 2.32.